The first-order valence-corrected chi connectivity index (χ1v) is 9.42. The fourth-order valence-corrected chi connectivity index (χ4v) is 8.12. The molecule has 0 aliphatic heterocycles. The van der Waals surface area contributed by atoms with Crippen molar-refractivity contribution < 1.29 is 5.11 Å². The molecule has 0 aromatic rings. The van der Waals surface area contributed by atoms with Gasteiger partial charge >= 0.3 is 0 Å². The van der Waals surface area contributed by atoms with E-state index in [9.17, 15) is 5.11 Å². The Labute approximate surface area is 130 Å². The fraction of sp³-hybridized carbons (Fsp3) is 1.00. The summed E-state index contributed by atoms with van der Waals surface area (Å²) in [6.07, 6.45) is 12.2. The molecule has 1 heteroatoms. The minimum absolute atomic E-state index is 0.373. The Morgan fingerprint density at radius 1 is 0.857 bits per heavy atom. The van der Waals surface area contributed by atoms with E-state index in [2.05, 4.69) is 27.7 Å². The molecule has 2 bridgehead atoms. The first kappa shape index (κ1) is 14.5. The van der Waals surface area contributed by atoms with Crippen LogP contribution in [0.3, 0.4) is 0 Å². The molecule has 0 amide bonds. The van der Waals surface area contributed by atoms with Gasteiger partial charge in [-0.3, -0.25) is 0 Å². The molecular weight excluding hydrogens is 256 g/mol. The SMILES string of the molecule is CC1(C)CCC[C@]2(C)[C@@H]1CC[C@@]13C[C@@H](CC[C@H]12)C(C)(O)C3. The quantitative estimate of drug-likeness (QED) is 0.652. The third-order valence-electron chi connectivity index (χ3n) is 8.79. The number of fused-ring (bicyclic) bond motifs is 3. The molecule has 21 heavy (non-hydrogen) atoms. The summed E-state index contributed by atoms with van der Waals surface area (Å²) in [4.78, 5) is 0. The topological polar surface area (TPSA) is 20.2 Å². The molecule has 0 aromatic carbocycles. The van der Waals surface area contributed by atoms with Crippen LogP contribution in [-0.4, -0.2) is 10.7 Å². The molecule has 1 spiro atoms. The molecule has 0 radical (unpaired) electrons. The van der Waals surface area contributed by atoms with Crippen LogP contribution in [0.1, 0.15) is 85.5 Å². The molecule has 4 aliphatic carbocycles. The van der Waals surface area contributed by atoms with Crippen molar-refractivity contribution in [3.05, 3.63) is 0 Å². The lowest BCUT2D eigenvalue weighted by Crippen LogP contribution is -2.55. The Hall–Kier alpha value is -0.0400. The second-order valence-electron chi connectivity index (χ2n) is 10.4. The van der Waals surface area contributed by atoms with E-state index in [0.717, 1.165) is 18.3 Å². The van der Waals surface area contributed by atoms with E-state index in [1.807, 2.05) is 0 Å². The Morgan fingerprint density at radius 2 is 1.62 bits per heavy atom. The van der Waals surface area contributed by atoms with Gasteiger partial charge in [-0.05, 0) is 92.3 Å². The van der Waals surface area contributed by atoms with Crippen molar-refractivity contribution >= 4 is 0 Å². The molecule has 4 fully saturated rings. The van der Waals surface area contributed by atoms with E-state index in [1.165, 1.54) is 51.4 Å². The highest BCUT2D eigenvalue weighted by atomic mass is 16.3. The van der Waals surface area contributed by atoms with Crippen molar-refractivity contribution in [1.29, 1.82) is 0 Å². The zero-order valence-corrected chi connectivity index (χ0v) is 14.5. The van der Waals surface area contributed by atoms with Gasteiger partial charge < -0.3 is 5.11 Å². The van der Waals surface area contributed by atoms with Crippen molar-refractivity contribution in [2.24, 2.45) is 34.0 Å². The van der Waals surface area contributed by atoms with Crippen molar-refractivity contribution in [1.82, 2.24) is 0 Å². The maximum Gasteiger partial charge on any atom is 0.0653 e. The second-order valence-corrected chi connectivity index (χ2v) is 10.4. The third kappa shape index (κ3) is 1.79. The van der Waals surface area contributed by atoms with E-state index in [0.29, 0.717) is 22.2 Å². The van der Waals surface area contributed by atoms with Gasteiger partial charge in [-0.2, -0.15) is 0 Å². The monoisotopic (exact) mass is 290 g/mol. The zero-order valence-electron chi connectivity index (χ0n) is 14.5. The molecule has 4 saturated carbocycles. The van der Waals surface area contributed by atoms with Gasteiger partial charge in [-0.1, -0.05) is 27.2 Å². The predicted octanol–water partition coefficient (Wildman–Crippen LogP) is 5.17. The van der Waals surface area contributed by atoms with Gasteiger partial charge in [0.05, 0.1) is 5.60 Å². The molecule has 1 nitrogen and oxygen atoms in total. The van der Waals surface area contributed by atoms with Gasteiger partial charge in [-0.25, -0.2) is 0 Å². The minimum atomic E-state index is -0.373. The van der Waals surface area contributed by atoms with Gasteiger partial charge in [0.15, 0.2) is 0 Å². The molecular formula is C20H34O. The highest BCUT2D eigenvalue weighted by Crippen LogP contribution is 2.72. The first-order valence-electron chi connectivity index (χ1n) is 9.42. The standard InChI is InChI=1S/C20H34O/c1-17(2)9-5-10-18(3)15(17)8-11-20-12-14(6-7-16(18)20)19(4,21)13-20/h14-16,21H,5-13H2,1-4H3/t14-,15-,16+,18-,19?,20+/m1/s1. The average Bonchev–Trinajstić information content (AvgIpc) is 2.53. The lowest BCUT2D eigenvalue weighted by atomic mass is 9.41. The smallest absolute Gasteiger partial charge is 0.0653 e. The van der Waals surface area contributed by atoms with Gasteiger partial charge in [0.2, 0.25) is 0 Å². The molecule has 1 unspecified atom stereocenters. The number of rotatable bonds is 0. The maximum atomic E-state index is 10.9. The van der Waals surface area contributed by atoms with Gasteiger partial charge in [0, 0.05) is 0 Å². The Balaban J connectivity index is 1.73. The van der Waals surface area contributed by atoms with Crippen molar-refractivity contribution in [2.75, 3.05) is 0 Å². The normalized spacial score (nSPS) is 58.4. The Kier molecular flexibility index (Phi) is 2.82. The molecule has 4 rings (SSSR count). The maximum absolute atomic E-state index is 10.9. The highest BCUT2D eigenvalue weighted by Gasteiger charge is 2.65. The van der Waals surface area contributed by atoms with Crippen LogP contribution in [-0.2, 0) is 0 Å². The zero-order chi connectivity index (χ0) is 15.1. The van der Waals surface area contributed by atoms with Gasteiger partial charge in [-0.15, -0.1) is 0 Å². The van der Waals surface area contributed by atoms with Crippen LogP contribution in [0.15, 0.2) is 0 Å². The minimum Gasteiger partial charge on any atom is -0.390 e. The van der Waals surface area contributed by atoms with Crippen LogP contribution in [0, 0.1) is 34.0 Å². The number of aliphatic hydroxyl groups is 1. The van der Waals surface area contributed by atoms with E-state index >= 15 is 0 Å². The molecule has 0 heterocycles. The van der Waals surface area contributed by atoms with Crippen molar-refractivity contribution in [2.45, 2.75) is 91.1 Å². The van der Waals surface area contributed by atoms with E-state index in [-0.39, 0.29) is 5.60 Å². The van der Waals surface area contributed by atoms with E-state index in [1.54, 1.807) is 0 Å². The van der Waals surface area contributed by atoms with Crippen LogP contribution >= 0.6 is 0 Å². The average molecular weight is 290 g/mol. The summed E-state index contributed by atoms with van der Waals surface area (Å²) in [6, 6.07) is 0. The van der Waals surface area contributed by atoms with Crippen molar-refractivity contribution in [3.63, 3.8) is 0 Å². The van der Waals surface area contributed by atoms with Gasteiger partial charge in [0.1, 0.15) is 0 Å². The first-order chi connectivity index (χ1) is 9.70. The largest absolute Gasteiger partial charge is 0.390 e. The molecule has 120 valence electrons. The van der Waals surface area contributed by atoms with E-state index in [4.69, 9.17) is 0 Å². The summed E-state index contributed by atoms with van der Waals surface area (Å²) in [5.41, 5.74) is 1.20. The molecule has 1 N–H and O–H groups in total. The van der Waals surface area contributed by atoms with Gasteiger partial charge in [0.25, 0.3) is 0 Å². The fourth-order valence-electron chi connectivity index (χ4n) is 8.12. The predicted molar refractivity (Wildman–Crippen MR) is 87.0 cm³/mol. The second kappa shape index (κ2) is 4.08. The van der Waals surface area contributed by atoms with Crippen LogP contribution in [0.4, 0.5) is 0 Å². The Morgan fingerprint density at radius 3 is 2.38 bits per heavy atom. The van der Waals surface area contributed by atoms with Crippen LogP contribution in [0.25, 0.3) is 0 Å². The summed E-state index contributed by atoms with van der Waals surface area (Å²) >= 11 is 0. The van der Waals surface area contributed by atoms with Crippen LogP contribution in [0.5, 0.6) is 0 Å². The Bertz CT molecular complexity index is 451. The summed E-state index contributed by atoms with van der Waals surface area (Å²) in [5.74, 6) is 2.38. The van der Waals surface area contributed by atoms with Crippen LogP contribution in [0.2, 0.25) is 0 Å². The lowest BCUT2D eigenvalue weighted by Gasteiger charge is -2.64. The third-order valence-corrected chi connectivity index (χ3v) is 8.79. The molecule has 0 aromatic heterocycles. The number of hydrogen-bond acceptors (Lipinski definition) is 1. The lowest BCUT2D eigenvalue weighted by molar-refractivity contribution is -0.145. The highest BCUT2D eigenvalue weighted by molar-refractivity contribution is 5.15. The number of hydrogen-bond donors (Lipinski definition) is 1. The summed E-state index contributed by atoms with van der Waals surface area (Å²) in [5, 5.41) is 10.9. The van der Waals surface area contributed by atoms with Crippen molar-refractivity contribution in [3.8, 4) is 0 Å². The van der Waals surface area contributed by atoms with Crippen LogP contribution < -0.4 is 0 Å². The molecule has 0 saturated heterocycles. The van der Waals surface area contributed by atoms with E-state index < -0.39 is 0 Å². The summed E-state index contributed by atoms with van der Waals surface area (Å²) < 4.78 is 0. The molecule has 6 atom stereocenters. The molecule has 4 aliphatic rings. The summed E-state index contributed by atoms with van der Waals surface area (Å²) in [7, 11) is 0. The summed E-state index contributed by atoms with van der Waals surface area (Å²) in [6.45, 7) is 9.83.